The van der Waals surface area contributed by atoms with Gasteiger partial charge in [-0.15, -0.1) is 0 Å². The van der Waals surface area contributed by atoms with Crippen LogP contribution in [0.3, 0.4) is 0 Å². The number of hydrogen-bond donors (Lipinski definition) is 3. The number of aliphatic hydroxyl groups is 2. The fourth-order valence-electron chi connectivity index (χ4n) is 0.801. The summed E-state index contributed by atoms with van der Waals surface area (Å²) in [5.74, 6) is 0.501. The summed E-state index contributed by atoms with van der Waals surface area (Å²) in [7, 11) is 0. The Morgan fingerprint density at radius 3 is 2.30 bits per heavy atom. The first-order valence-electron chi connectivity index (χ1n) is 3.69. The van der Waals surface area contributed by atoms with E-state index in [4.69, 9.17) is 10.2 Å². The molecule has 62 valence electrons. The van der Waals surface area contributed by atoms with E-state index in [9.17, 15) is 0 Å². The number of thiol groups is 1. The van der Waals surface area contributed by atoms with Crippen LogP contribution in [-0.4, -0.2) is 22.3 Å². The Labute approximate surface area is 67.7 Å². The maximum absolute atomic E-state index is 8.75. The van der Waals surface area contributed by atoms with Gasteiger partial charge >= 0.3 is 0 Å². The molecule has 0 rings (SSSR count). The van der Waals surface area contributed by atoms with Crippen molar-refractivity contribution in [2.24, 2.45) is 5.92 Å². The minimum absolute atomic E-state index is 0.0525. The minimum Gasteiger partial charge on any atom is -0.368 e. The fraction of sp³-hybridized carbons (Fsp3) is 1.00. The molecule has 0 saturated heterocycles. The Bertz CT molecular complexity index is 76.0. The van der Waals surface area contributed by atoms with Gasteiger partial charge in [0.1, 0.15) is 0 Å². The van der Waals surface area contributed by atoms with Gasteiger partial charge in [-0.25, -0.2) is 0 Å². The normalized spacial score (nSPS) is 14.1. The maximum atomic E-state index is 8.75. The molecule has 10 heavy (non-hydrogen) atoms. The van der Waals surface area contributed by atoms with Crippen LogP contribution >= 0.6 is 12.6 Å². The van der Waals surface area contributed by atoms with E-state index in [-0.39, 0.29) is 5.92 Å². The van der Waals surface area contributed by atoms with Crippen LogP contribution in [0.4, 0.5) is 0 Å². The Balaban J connectivity index is 3.40. The molecule has 1 unspecified atom stereocenters. The molecule has 2 nitrogen and oxygen atoms in total. The van der Waals surface area contributed by atoms with Crippen molar-refractivity contribution in [3.8, 4) is 0 Å². The van der Waals surface area contributed by atoms with Crippen LogP contribution in [0.1, 0.15) is 26.2 Å². The first-order valence-corrected chi connectivity index (χ1v) is 4.32. The Morgan fingerprint density at radius 2 is 2.00 bits per heavy atom. The highest BCUT2D eigenvalue weighted by molar-refractivity contribution is 7.80. The molecule has 0 fully saturated rings. The van der Waals surface area contributed by atoms with Gasteiger partial charge in [-0.05, 0) is 12.2 Å². The molecular formula is C7H16O2S. The summed E-state index contributed by atoms with van der Waals surface area (Å²) in [6, 6.07) is 0. The van der Waals surface area contributed by atoms with E-state index in [1.807, 2.05) is 0 Å². The van der Waals surface area contributed by atoms with E-state index in [2.05, 4.69) is 19.6 Å². The summed E-state index contributed by atoms with van der Waals surface area (Å²) in [5.41, 5.74) is 0. The van der Waals surface area contributed by atoms with E-state index in [1.54, 1.807) is 0 Å². The van der Waals surface area contributed by atoms with Crippen LogP contribution in [-0.2, 0) is 0 Å². The second kappa shape index (κ2) is 6.01. The average Bonchev–Trinajstić information content (AvgIpc) is 1.89. The van der Waals surface area contributed by atoms with Crippen LogP contribution < -0.4 is 0 Å². The summed E-state index contributed by atoms with van der Waals surface area (Å²) in [4.78, 5) is 0. The van der Waals surface area contributed by atoms with Crippen molar-refractivity contribution >= 4 is 12.6 Å². The van der Waals surface area contributed by atoms with Crippen molar-refractivity contribution in [3.63, 3.8) is 0 Å². The van der Waals surface area contributed by atoms with Crippen molar-refractivity contribution in [2.45, 2.75) is 32.5 Å². The number of unbranched alkanes of at least 4 members (excludes halogenated alkanes) is 1. The first-order chi connectivity index (χ1) is 4.72. The molecule has 0 aliphatic carbocycles. The van der Waals surface area contributed by atoms with Crippen LogP contribution in [0, 0.1) is 5.92 Å². The molecule has 0 spiro atoms. The number of hydrogen-bond acceptors (Lipinski definition) is 3. The molecule has 0 aliphatic heterocycles. The summed E-state index contributed by atoms with van der Waals surface area (Å²) in [6.07, 6.45) is 1.81. The first kappa shape index (κ1) is 10.3. The predicted molar refractivity (Wildman–Crippen MR) is 45.1 cm³/mol. The Morgan fingerprint density at radius 1 is 1.40 bits per heavy atom. The summed E-state index contributed by atoms with van der Waals surface area (Å²) >= 11 is 4.01. The van der Waals surface area contributed by atoms with E-state index < -0.39 is 6.29 Å². The van der Waals surface area contributed by atoms with Gasteiger partial charge in [-0.2, -0.15) is 12.6 Å². The van der Waals surface area contributed by atoms with Gasteiger partial charge in [0, 0.05) is 5.92 Å². The average molecular weight is 164 g/mol. The standard InChI is InChI=1S/C7H16O2S/c1-2-3-4-6(5-10)7(8)9/h6-10H,2-5H2,1H3. The second-order valence-corrected chi connectivity index (χ2v) is 2.86. The highest BCUT2D eigenvalue weighted by Gasteiger charge is 2.13. The smallest absolute Gasteiger partial charge is 0.155 e. The lowest BCUT2D eigenvalue weighted by molar-refractivity contribution is -0.0791. The second-order valence-electron chi connectivity index (χ2n) is 2.50. The Hall–Kier alpha value is 0.270. The third-order valence-electron chi connectivity index (χ3n) is 1.58. The SMILES string of the molecule is CCCCC(CS)C(O)O. The molecule has 0 aliphatic rings. The third kappa shape index (κ3) is 4.14. The maximum Gasteiger partial charge on any atom is 0.155 e. The molecule has 0 radical (unpaired) electrons. The van der Waals surface area contributed by atoms with E-state index >= 15 is 0 Å². The van der Waals surface area contributed by atoms with Gasteiger partial charge in [-0.1, -0.05) is 19.8 Å². The zero-order valence-corrected chi connectivity index (χ0v) is 7.22. The summed E-state index contributed by atoms with van der Waals surface area (Å²) < 4.78 is 0. The lowest BCUT2D eigenvalue weighted by atomic mass is 10.0. The van der Waals surface area contributed by atoms with Gasteiger partial charge < -0.3 is 10.2 Å². The van der Waals surface area contributed by atoms with Crippen LogP contribution in [0.5, 0.6) is 0 Å². The van der Waals surface area contributed by atoms with E-state index in [1.165, 1.54) is 0 Å². The highest BCUT2D eigenvalue weighted by atomic mass is 32.1. The summed E-state index contributed by atoms with van der Waals surface area (Å²) in [6.45, 7) is 2.08. The molecule has 0 aromatic carbocycles. The zero-order chi connectivity index (χ0) is 7.98. The van der Waals surface area contributed by atoms with Crippen molar-refractivity contribution in [1.82, 2.24) is 0 Å². The van der Waals surface area contributed by atoms with Gasteiger partial charge in [0.2, 0.25) is 0 Å². The quantitative estimate of drug-likeness (QED) is 0.419. The number of rotatable bonds is 5. The van der Waals surface area contributed by atoms with Crippen LogP contribution in [0.25, 0.3) is 0 Å². The molecular weight excluding hydrogens is 148 g/mol. The van der Waals surface area contributed by atoms with Gasteiger partial charge in [0.25, 0.3) is 0 Å². The van der Waals surface area contributed by atoms with Crippen molar-refractivity contribution in [3.05, 3.63) is 0 Å². The van der Waals surface area contributed by atoms with Crippen molar-refractivity contribution < 1.29 is 10.2 Å². The lowest BCUT2D eigenvalue weighted by Gasteiger charge is -2.15. The highest BCUT2D eigenvalue weighted by Crippen LogP contribution is 2.12. The van der Waals surface area contributed by atoms with Gasteiger partial charge in [-0.3, -0.25) is 0 Å². The lowest BCUT2D eigenvalue weighted by Crippen LogP contribution is -2.20. The molecule has 2 N–H and O–H groups in total. The molecule has 0 aromatic rings. The molecule has 3 heteroatoms. The molecule has 0 bridgehead atoms. The molecule has 0 aromatic heterocycles. The Kier molecular flexibility index (Phi) is 6.17. The van der Waals surface area contributed by atoms with Crippen LogP contribution in [0.15, 0.2) is 0 Å². The molecule has 0 saturated carbocycles. The minimum atomic E-state index is -1.19. The predicted octanol–water partition coefficient (Wildman–Crippen LogP) is 1.03. The fourth-order valence-corrected chi connectivity index (χ4v) is 1.17. The largest absolute Gasteiger partial charge is 0.368 e. The van der Waals surface area contributed by atoms with E-state index in [0.29, 0.717) is 5.75 Å². The monoisotopic (exact) mass is 164 g/mol. The summed E-state index contributed by atoms with van der Waals surface area (Å²) in [5, 5.41) is 17.5. The van der Waals surface area contributed by atoms with Gasteiger partial charge in [0.15, 0.2) is 6.29 Å². The van der Waals surface area contributed by atoms with E-state index in [0.717, 1.165) is 19.3 Å². The van der Waals surface area contributed by atoms with Crippen LogP contribution in [0.2, 0.25) is 0 Å². The van der Waals surface area contributed by atoms with Crippen molar-refractivity contribution in [2.75, 3.05) is 5.75 Å². The van der Waals surface area contributed by atoms with Crippen molar-refractivity contribution in [1.29, 1.82) is 0 Å². The third-order valence-corrected chi connectivity index (χ3v) is 2.05. The molecule has 0 amide bonds. The topological polar surface area (TPSA) is 40.5 Å². The molecule has 0 heterocycles. The van der Waals surface area contributed by atoms with Gasteiger partial charge in [0.05, 0.1) is 0 Å². The number of aliphatic hydroxyl groups excluding tert-OH is 1. The zero-order valence-electron chi connectivity index (χ0n) is 6.32. The molecule has 1 atom stereocenters.